The molecule has 0 aromatic heterocycles. The molecule has 2 aliphatic rings. The van der Waals surface area contributed by atoms with Gasteiger partial charge in [-0.05, 0) is 0 Å². The third-order valence-electron chi connectivity index (χ3n) is 4.64. The van der Waals surface area contributed by atoms with Crippen molar-refractivity contribution in [2.45, 2.75) is 7.25 Å². The van der Waals surface area contributed by atoms with Crippen molar-refractivity contribution in [1.29, 1.82) is 0 Å². The number of halogens is 2. The summed E-state index contributed by atoms with van der Waals surface area (Å²) in [7, 11) is 0. The Kier molecular flexibility index (Phi) is 6.39. The summed E-state index contributed by atoms with van der Waals surface area (Å²) in [6, 6.07) is 16.4. The van der Waals surface area contributed by atoms with Crippen molar-refractivity contribution >= 4 is 45.2 Å². The number of hydrogen-bond donors (Lipinski definition) is 0. The summed E-state index contributed by atoms with van der Waals surface area (Å²) in [5.74, 6) is 1.84. The van der Waals surface area contributed by atoms with Crippen molar-refractivity contribution in [2.75, 3.05) is 0 Å². The van der Waals surface area contributed by atoms with E-state index in [2.05, 4.69) is 118 Å². The van der Waals surface area contributed by atoms with E-state index in [4.69, 9.17) is 5.63 Å². The predicted octanol–water partition coefficient (Wildman–Crippen LogP) is 7.17. The van der Waals surface area contributed by atoms with Gasteiger partial charge < -0.3 is 0 Å². The molecule has 0 N–H and O–H groups in total. The first-order chi connectivity index (χ1) is 13.2. The molecule has 27 heavy (non-hydrogen) atoms. The van der Waals surface area contributed by atoms with E-state index in [1.165, 1.54) is 0 Å². The normalized spacial score (nSPS) is 16.4. The number of rotatable bonds is 6. The van der Waals surface area contributed by atoms with Gasteiger partial charge in [0.05, 0.1) is 0 Å². The Balaban J connectivity index is 1.83. The minimum atomic E-state index is -3.82. The number of benzene rings is 2. The fourth-order valence-electron chi connectivity index (χ4n) is 3.31. The van der Waals surface area contributed by atoms with Crippen LogP contribution in [0.3, 0.4) is 0 Å². The zero-order valence-electron chi connectivity index (χ0n) is 14.5. The van der Waals surface area contributed by atoms with Crippen molar-refractivity contribution in [3.05, 3.63) is 104 Å². The molecule has 0 bridgehead atoms. The van der Waals surface area contributed by atoms with Crippen molar-refractivity contribution in [1.82, 2.24) is 0 Å². The molecule has 0 radical (unpaired) electrons. The second-order valence-electron chi connectivity index (χ2n) is 6.38. The molecule has 4 rings (SSSR count). The van der Waals surface area contributed by atoms with Crippen LogP contribution in [0.4, 0.5) is 0 Å². The number of allylic oxidation sites excluding steroid dienone is 8. The summed E-state index contributed by atoms with van der Waals surface area (Å²) in [6.45, 7) is 0. The van der Waals surface area contributed by atoms with Gasteiger partial charge in [0.1, 0.15) is 0 Å². The molecular weight excluding hydrogens is 641 g/mol. The van der Waals surface area contributed by atoms with Crippen LogP contribution in [0.25, 0.3) is 0 Å². The van der Waals surface area contributed by atoms with E-state index in [1.807, 2.05) is 24.3 Å². The van der Waals surface area contributed by atoms with E-state index < -0.39 is 21.1 Å². The van der Waals surface area contributed by atoms with Crippen LogP contribution < -0.4 is 5.63 Å². The molecule has 2 aliphatic carbocycles. The first-order valence-corrected chi connectivity index (χ1v) is 15.8. The SMILES string of the molecule is Ic1ccccc1[O][Zr]([O]c1ccccc1I)([CH]1C=CC=C1)[CH]1C=CC=C1. The Hall–Kier alpha value is -0.657. The van der Waals surface area contributed by atoms with E-state index in [1.54, 1.807) is 0 Å². The number of hydrogen-bond acceptors (Lipinski definition) is 2. The van der Waals surface area contributed by atoms with Crippen molar-refractivity contribution < 1.29 is 26.8 Å². The van der Waals surface area contributed by atoms with Crippen LogP contribution in [0, 0.1) is 7.14 Å². The molecule has 0 heterocycles. The maximum absolute atomic E-state index is 6.93. The summed E-state index contributed by atoms with van der Waals surface area (Å²) < 4.78 is 16.5. The molecule has 0 spiro atoms. The van der Waals surface area contributed by atoms with E-state index in [0.717, 1.165) is 18.6 Å². The van der Waals surface area contributed by atoms with Crippen LogP contribution in [-0.2, 0) is 21.1 Å². The van der Waals surface area contributed by atoms with E-state index in [-0.39, 0.29) is 7.25 Å². The fourth-order valence-corrected chi connectivity index (χ4v) is 14.2. The molecular formula is C22H18I2O2Zr. The Bertz CT molecular complexity index is 847. The Labute approximate surface area is 193 Å². The van der Waals surface area contributed by atoms with Crippen LogP contribution in [0.2, 0.25) is 7.25 Å². The molecule has 0 unspecified atom stereocenters. The summed E-state index contributed by atoms with van der Waals surface area (Å²) >= 11 is 0.873. The van der Waals surface area contributed by atoms with Gasteiger partial charge in [-0.25, -0.2) is 0 Å². The molecule has 0 saturated heterocycles. The average Bonchev–Trinajstić information content (AvgIpc) is 3.39. The first kappa shape index (κ1) is 19.7. The third-order valence-corrected chi connectivity index (χ3v) is 15.5. The molecule has 2 aromatic rings. The molecule has 0 fully saturated rings. The minimum absolute atomic E-state index is 0.198. The summed E-state index contributed by atoms with van der Waals surface area (Å²) in [5, 5.41) is 0. The van der Waals surface area contributed by atoms with E-state index in [9.17, 15) is 0 Å². The average molecular weight is 659 g/mol. The van der Waals surface area contributed by atoms with Crippen LogP contribution in [0.15, 0.2) is 97.1 Å². The zero-order valence-corrected chi connectivity index (χ0v) is 21.2. The first-order valence-electron chi connectivity index (χ1n) is 8.76. The van der Waals surface area contributed by atoms with Gasteiger partial charge in [0.15, 0.2) is 0 Å². The van der Waals surface area contributed by atoms with Crippen LogP contribution in [0.1, 0.15) is 0 Å². The second kappa shape index (κ2) is 8.79. The van der Waals surface area contributed by atoms with Gasteiger partial charge in [-0.3, -0.25) is 0 Å². The topological polar surface area (TPSA) is 18.5 Å². The van der Waals surface area contributed by atoms with Gasteiger partial charge in [-0.1, -0.05) is 0 Å². The van der Waals surface area contributed by atoms with Crippen LogP contribution in [0.5, 0.6) is 11.5 Å². The van der Waals surface area contributed by atoms with Crippen LogP contribution in [-0.4, -0.2) is 0 Å². The molecule has 0 aliphatic heterocycles. The number of para-hydroxylation sites is 2. The standard InChI is InChI=1S/2C6H5IO.2C5H5.Zr/c2*7-5-3-1-2-4-6(5)8;2*1-2-4-5-3-1;/h2*1-4,8H;2*1-5H;/q;;;;+2/p-2. The zero-order chi connectivity index (χ0) is 18.7. The van der Waals surface area contributed by atoms with Crippen LogP contribution >= 0.6 is 45.2 Å². The van der Waals surface area contributed by atoms with Crippen molar-refractivity contribution in [3.63, 3.8) is 0 Å². The Morgan fingerprint density at radius 1 is 0.593 bits per heavy atom. The molecule has 0 saturated carbocycles. The van der Waals surface area contributed by atoms with Gasteiger partial charge >= 0.3 is 195 Å². The Morgan fingerprint density at radius 3 is 1.33 bits per heavy atom. The monoisotopic (exact) mass is 658 g/mol. The van der Waals surface area contributed by atoms with Gasteiger partial charge in [-0.15, -0.1) is 0 Å². The fraction of sp³-hybridized carbons (Fsp3) is 0.0909. The van der Waals surface area contributed by atoms with E-state index >= 15 is 0 Å². The molecule has 5 heteroatoms. The van der Waals surface area contributed by atoms with Gasteiger partial charge in [0, 0.05) is 0 Å². The molecule has 2 nitrogen and oxygen atoms in total. The second-order valence-corrected chi connectivity index (χ2v) is 16.5. The van der Waals surface area contributed by atoms with Crippen molar-refractivity contribution in [2.24, 2.45) is 0 Å². The summed E-state index contributed by atoms with van der Waals surface area (Å²) in [6.07, 6.45) is 17.4. The quantitative estimate of drug-likeness (QED) is 0.307. The van der Waals surface area contributed by atoms with Crippen molar-refractivity contribution in [3.8, 4) is 11.5 Å². The molecule has 0 amide bonds. The molecule has 0 atom stereocenters. The van der Waals surface area contributed by atoms with E-state index in [0.29, 0.717) is 0 Å². The third kappa shape index (κ3) is 4.20. The Morgan fingerprint density at radius 2 is 0.963 bits per heavy atom. The predicted molar refractivity (Wildman–Crippen MR) is 124 cm³/mol. The maximum atomic E-state index is 6.93. The molecule has 136 valence electrons. The van der Waals surface area contributed by atoms with Gasteiger partial charge in [-0.2, -0.15) is 0 Å². The van der Waals surface area contributed by atoms with Gasteiger partial charge in [0.2, 0.25) is 0 Å². The summed E-state index contributed by atoms with van der Waals surface area (Å²) in [5.41, 5.74) is 0. The molecule has 2 aromatic carbocycles. The summed E-state index contributed by atoms with van der Waals surface area (Å²) in [4.78, 5) is 0. The van der Waals surface area contributed by atoms with Gasteiger partial charge in [0.25, 0.3) is 0 Å².